The van der Waals surface area contributed by atoms with Gasteiger partial charge >= 0.3 is 0 Å². The van der Waals surface area contributed by atoms with Gasteiger partial charge in [-0.25, -0.2) is 4.98 Å². The summed E-state index contributed by atoms with van der Waals surface area (Å²) in [6.45, 7) is 5.35. The number of hydrogen-bond donors (Lipinski definition) is 1. The number of benzene rings is 2. The third kappa shape index (κ3) is 5.41. The fourth-order valence-corrected chi connectivity index (χ4v) is 3.37. The molecule has 1 heterocycles. The lowest BCUT2D eigenvalue weighted by Gasteiger charge is -2.12. The third-order valence-electron chi connectivity index (χ3n) is 4.81. The number of carbonyl (C=O) groups excluding carboxylic acids is 1. The fraction of sp³-hybridized carbons (Fsp3) is 0.333. The van der Waals surface area contributed by atoms with Crippen LogP contribution in [0.15, 0.2) is 48.5 Å². The van der Waals surface area contributed by atoms with Gasteiger partial charge in [0.05, 0.1) is 31.3 Å². The molecule has 0 bridgehead atoms. The number of methoxy groups -OCH3 is 1. The zero-order valence-electron chi connectivity index (χ0n) is 17.9. The van der Waals surface area contributed by atoms with Crippen molar-refractivity contribution < 1.29 is 14.3 Å². The highest BCUT2D eigenvalue weighted by molar-refractivity contribution is 5.76. The van der Waals surface area contributed by atoms with Crippen molar-refractivity contribution in [2.45, 2.75) is 39.8 Å². The maximum Gasteiger partial charge on any atom is 0.217 e. The predicted molar refractivity (Wildman–Crippen MR) is 120 cm³/mol. The van der Waals surface area contributed by atoms with E-state index in [9.17, 15) is 4.79 Å². The molecule has 1 N–H and O–H groups in total. The van der Waals surface area contributed by atoms with Crippen LogP contribution in [0.2, 0.25) is 0 Å². The van der Waals surface area contributed by atoms with E-state index in [1.165, 1.54) is 6.92 Å². The molecule has 0 saturated heterocycles. The van der Waals surface area contributed by atoms with E-state index in [2.05, 4.69) is 20.9 Å². The molecule has 0 atom stereocenters. The van der Waals surface area contributed by atoms with Crippen molar-refractivity contribution in [3.8, 4) is 11.5 Å². The second-order valence-corrected chi connectivity index (χ2v) is 7.04. The lowest BCUT2D eigenvalue weighted by atomic mass is 10.2. The zero-order valence-corrected chi connectivity index (χ0v) is 17.9. The molecule has 0 radical (unpaired) electrons. The fourth-order valence-electron chi connectivity index (χ4n) is 3.37. The van der Waals surface area contributed by atoms with Crippen molar-refractivity contribution in [2.75, 3.05) is 13.7 Å². The number of unbranched alkanes of at least 4 members (excludes halogenated alkanes) is 1. The summed E-state index contributed by atoms with van der Waals surface area (Å²) in [5, 5.41) is 2.85. The highest BCUT2D eigenvalue weighted by Crippen LogP contribution is 2.28. The number of para-hydroxylation sites is 2. The maximum absolute atomic E-state index is 11.3. The van der Waals surface area contributed by atoms with E-state index < -0.39 is 0 Å². The van der Waals surface area contributed by atoms with E-state index in [1.807, 2.05) is 55.5 Å². The van der Waals surface area contributed by atoms with Crippen LogP contribution < -0.4 is 14.8 Å². The number of aryl methyl sites for hydroxylation is 1. The average molecular weight is 408 g/mol. The van der Waals surface area contributed by atoms with Crippen LogP contribution in [0.5, 0.6) is 11.5 Å². The molecule has 3 aromatic rings. The largest absolute Gasteiger partial charge is 0.493 e. The summed E-state index contributed by atoms with van der Waals surface area (Å²) in [6, 6.07) is 14.0. The van der Waals surface area contributed by atoms with Crippen molar-refractivity contribution in [1.29, 1.82) is 0 Å². The summed E-state index contributed by atoms with van der Waals surface area (Å²) < 4.78 is 13.6. The Morgan fingerprint density at radius 1 is 1.17 bits per heavy atom. The van der Waals surface area contributed by atoms with Gasteiger partial charge in [-0.1, -0.05) is 30.4 Å². The summed E-state index contributed by atoms with van der Waals surface area (Å²) in [4.78, 5) is 16.0. The van der Waals surface area contributed by atoms with E-state index in [0.717, 1.165) is 53.3 Å². The topological polar surface area (TPSA) is 65.4 Å². The van der Waals surface area contributed by atoms with E-state index >= 15 is 0 Å². The molecule has 1 aromatic heterocycles. The molecular weight excluding hydrogens is 378 g/mol. The Balaban J connectivity index is 1.58. The first-order chi connectivity index (χ1) is 14.6. The second-order valence-electron chi connectivity index (χ2n) is 7.04. The Hall–Kier alpha value is -3.28. The molecule has 2 aromatic carbocycles. The number of rotatable bonds is 10. The number of aromatic nitrogens is 2. The van der Waals surface area contributed by atoms with Crippen LogP contribution in [-0.4, -0.2) is 29.2 Å². The lowest BCUT2D eigenvalue weighted by molar-refractivity contribution is -0.119. The summed E-state index contributed by atoms with van der Waals surface area (Å²) in [5.41, 5.74) is 3.11. The highest BCUT2D eigenvalue weighted by Gasteiger charge is 2.11. The van der Waals surface area contributed by atoms with Crippen LogP contribution in [0, 0.1) is 0 Å². The number of nitrogens with one attached hydrogen (secondary N) is 1. The van der Waals surface area contributed by atoms with Crippen molar-refractivity contribution in [3.05, 3.63) is 59.9 Å². The van der Waals surface area contributed by atoms with Crippen LogP contribution in [-0.2, 0) is 17.9 Å². The molecule has 6 heteroatoms. The number of ether oxygens (including phenoxy) is 2. The quantitative estimate of drug-likeness (QED) is 0.500. The van der Waals surface area contributed by atoms with Crippen LogP contribution in [0.25, 0.3) is 17.1 Å². The van der Waals surface area contributed by atoms with Gasteiger partial charge in [-0.3, -0.25) is 4.79 Å². The smallest absolute Gasteiger partial charge is 0.217 e. The Labute approximate surface area is 177 Å². The van der Waals surface area contributed by atoms with E-state index in [0.29, 0.717) is 13.2 Å². The van der Waals surface area contributed by atoms with Gasteiger partial charge < -0.3 is 19.4 Å². The van der Waals surface area contributed by atoms with Crippen LogP contribution in [0.3, 0.4) is 0 Å². The minimum Gasteiger partial charge on any atom is -0.493 e. The second kappa shape index (κ2) is 10.5. The number of amides is 1. The molecule has 0 unspecified atom stereocenters. The SMILES string of the molecule is C/C=C/c1ccc(OCCCCn2c(CNC(C)=O)nc3ccccc32)c(OC)c1. The first kappa shape index (κ1) is 21.4. The van der Waals surface area contributed by atoms with Crippen LogP contribution in [0.4, 0.5) is 0 Å². The molecule has 0 saturated carbocycles. The molecule has 30 heavy (non-hydrogen) atoms. The van der Waals surface area contributed by atoms with Gasteiger partial charge in [0, 0.05) is 13.5 Å². The number of imidazole rings is 1. The number of hydrogen-bond acceptors (Lipinski definition) is 4. The van der Waals surface area contributed by atoms with Crippen molar-refractivity contribution >= 4 is 23.0 Å². The van der Waals surface area contributed by atoms with E-state index in [4.69, 9.17) is 9.47 Å². The molecule has 6 nitrogen and oxygen atoms in total. The lowest BCUT2D eigenvalue weighted by Crippen LogP contribution is -2.21. The zero-order chi connectivity index (χ0) is 21.3. The minimum atomic E-state index is -0.0589. The third-order valence-corrected chi connectivity index (χ3v) is 4.81. The Morgan fingerprint density at radius 2 is 2.00 bits per heavy atom. The molecule has 3 rings (SSSR count). The molecule has 0 aliphatic rings. The van der Waals surface area contributed by atoms with Gasteiger partial charge in [0.15, 0.2) is 11.5 Å². The Kier molecular flexibility index (Phi) is 7.49. The number of nitrogens with zero attached hydrogens (tertiary/aromatic N) is 2. The predicted octanol–water partition coefficient (Wildman–Crippen LogP) is 4.57. The van der Waals surface area contributed by atoms with Crippen molar-refractivity contribution in [2.24, 2.45) is 0 Å². The number of carbonyl (C=O) groups is 1. The normalized spacial score (nSPS) is 11.2. The van der Waals surface area contributed by atoms with E-state index in [-0.39, 0.29) is 5.91 Å². The van der Waals surface area contributed by atoms with Gasteiger partial charge in [-0.05, 0) is 49.6 Å². The number of allylic oxidation sites excluding steroid dienone is 1. The van der Waals surface area contributed by atoms with Gasteiger partial charge in [0.25, 0.3) is 0 Å². The molecule has 0 aliphatic carbocycles. The standard InChI is InChI=1S/C24H29N3O3/c1-4-9-19-12-13-22(23(16-19)29-3)30-15-8-7-14-27-21-11-6-5-10-20(21)26-24(27)17-25-18(2)28/h4-6,9-13,16H,7-8,14-15,17H2,1-3H3,(H,25,28)/b9-4+. The minimum absolute atomic E-state index is 0.0589. The summed E-state index contributed by atoms with van der Waals surface area (Å²) in [6.07, 6.45) is 5.86. The maximum atomic E-state index is 11.3. The summed E-state index contributed by atoms with van der Waals surface area (Å²) in [7, 11) is 1.66. The monoisotopic (exact) mass is 407 g/mol. The van der Waals surface area contributed by atoms with Gasteiger partial charge in [0.1, 0.15) is 5.82 Å². The van der Waals surface area contributed by atoms with E-state index in [1.54, 1.807) is 7.11 Å². The van der Waals surface area contributed by atoms with Gasteiger partial charge in [-0.15, -0.1) is 0 Å². The molecular formula is C24H29N3O3. The molecule has 0 aliphatic heterocycles. The Bertz CT molecular complexity index is 1020. The van der Waals surface area contributed by atoms with Crippen LogP contribution >= 0.6 is 0 Å². The molecule has 158 valence electrons. The Morgan fingerprint density at radius 3 is 2.77 bits per heavy atom. The number of fused-ring (bicyclic) bond motifs is 1. The summed E-state index contributed by atoms with van der Waals surface area (Å²) in [5.74, 6) is 2.30. The average Bonchev–Trinajstić information content (AvgIpc) is 3.10. The van der Waals surface area contributed by atoms with Gasteiger partial charge in [0.2, 0.25) is 5.91 Å². The van der Waals surface area contributed by atoms with Crippen LogP contribution in [0.1, 0.15) is 38.1 Å². The van der Waals surface area contributed by atoms with Crippen molar-refractivity contribution in [3.63, 3.8) is 0 Å². The molecule has 0 spiro atoms. The highest BCUT2D eigenvalue weighted by atomic mass is 16.5. The van der Waals surface area contributed by atoms with Gasteiger partial charge in [-0.2, -0.15) is 0 Å². The first-order valence-electron chi connectivity index (χ1n) is 10.2. The summed E-state index contributed by atoms with van der Waals surface area (Å²) >= 11 is 0. The molecule has 1 amide bonds. The molecule has 0 fully saturated rings. The first-order valence-corrected chi connectivity index (χ1v) is 10.2. The van der Waals surface area contributed by atoms with Crippen molar-refractivity contribution in [1.82, 2.24) is 14.9 Å².